The smallest absolute Gasteiger partial charge is 0.151 e. The first-order valence-electron chi connectivity index (χ1n) is 3.85. The van der Waals surface area contributed by atoms with Gasteiger partial charge in [0.05, 0.1) is 0 Å². The molecule has 2 nitrogen and oxygen atoms in total. The predicted molar refractivity (Wildman–Crippen MR) is 38.6 cm³/mol. The zero-order chi connectivity index (χ0) is 7.61. The third-order valence-corrected chi connectivity index (χ3v) is 2.23. The van der Waals surface area contributed by atoms with Crippen molar-refractivity contribution in [1.29, 1.82) is 0 Å². The van der Waals surface area contributed by atoms with Gasteiger partial charge in [0.25, 0.3) is 0 Å². The second-order valence-corrected chi connectivity index (χ2v) is 3.42. The zero-order valence-electron chi connectivity index (χ0n) is 6.34. The van der Waals surface area contributed by atoms with Crippen molar-refractivity contribution < 1.29 is 9.90 Å². The van der Waals surface area contributed by atoms with E-state index in [0.717, 1.165) is 12.8 Å². The fraction of sp³-hybridized carbons (Fsp3) is 0.875. The molecule has 1 aliphatic carbocycles. The molecule has 0 amide bonds. The Morgan fingerprint density at radius 2 is 2.40 bits per heavy atom. The lowest BCUT2D eigenvalue weighted by molar-refractivity contribution is -0.128. The van der Waals surface area contributed by atoms with E-state index in [1.807, 2.05) is 0 Å². The lowest BCUT2D eigenvalue weighted by atomic mass is 9.80. The van der Waals surface area contributed by atoms with E-state index >= 15 is 0 Å². The lowest BCUT2D eigenvalue weighted by Crippen LogP contribution is -2.35. The molecule has 58 valence electrons. The van der Waals surface area contributed by atoms with Crippen molar-refractivity contribution in [2.24, 2.45) is 5.92 Å². The topological polar surface area (TPSA) is 37.3 Å². The Bertz CT molecular complexity index is 133. The molecule has 2 heteroatoms. The molecule has 0 radical (unpaired) electrons. The highest BCUT2D eigenvalue weighted by Crippen LogP contribution is 2.30. The van der Waals surface area contributed by atoms with E-state index in [0.29, 0.717) is 25.0 Å². The van der Waals surface area contributed by atoms with Gasteiger partial charge in [-0.1, -0.05) is 13.3 Å². The molecule has 1 fully saturated rings. The van der Waals surface area contributed by atoms with Crippen LogP contribution in [0.15, 0.2) is 0 Å². The maximum Gasteiger partial charge on any atom is 0.151 e. The van der Waals surface area contributed by atoms with E-state index in [1.165, 1.54) is 0 Å². The molecule has 0 bridgehead atoms. The summed E-state index contributed by atoms with van der Waals surface area (Å²) in [5.41, 5.74) is -0.988. The number of aldehydes is 1. The number of rotatable bonds is 1. The summed E-state index contributed by atoms with van der Waals surface area (Å²) in [6.45, 7) is 2.08. The van der Waals surface area contributed by atoms with Crippen molar-refractivity contribution in [3.05, 3.63) is 0 Å². The van der Waals surface area contributed by atoms with Crippen LogP contribution in [0.1, 0.15) is 32.6 Å². The summed E-state index contributed by atoms with van der Waals surface area (Å²) < 4.78 is 0. The average molecular weight is 142 g/mol. The van der Waals surface area contributed by atoms with Gasteiger partial charge in [0.15, 0.2) is 6.29 Å². The number of hydrogen-bond acceptors (Lipinski definition) is 2. The standard InChI is InChI=1S/C8H14O2/c1-7-3-2-4-8(10,5-7)6-9/h6-7,10H,2-5H2,1H3. The first kappa shape index (κ1) is 7.73. The van der Waals surface area contributed by atoms with Crippen LogP contribution in [0.3, 0.4) is 0 Å². The summed E-state index contributed by atoms with van der Waals surface area (Å²) in [5.74, 6) is 0.504. The maximum atomic E-state index is 10.4. The summed E-state index contributed by atoms with van der Waals surface area (Å²) in [6, 6.07) is 0. The van der Waals surface area contributed by atoms with Gasteiger partial charge in [0, 0.05) is 0 Å². The van der Waals surface area contributed by atoms with Crippen LogP contribution in [0, 0.1) is 5.92 Å². The van der Waals surface area contributed by atoms with Crippen molar-refractivity contribution in [2.45, 2.75) is 38.2 Å². The Morgan fingerprint density at radius 1 is 1.70 bits per heavy atom. The molecule has 0 aromatic carbocycles. The maximum absolute atomic E-state index is 10.4. The third-order valence-electron chi connectivity index (χ3n) is 2.23. The SMILES string of the molecule is CC1CCCC(O)(C=O)C1. The van der Waals surface area contributed by atoms with Gasteiger partial charge in [0.2, 0.25) is 0 Å². The van der Waals surface area contributed by atoms with Crippen LogP contribution in [0.5, 0.6) is 0 Å². The third kappa shape index (κ3) is 1.57. The van der Waals surface area contributed by atoms with E-state index in [9.17, 15) is 9.90 Å². The molecule has 1 saturated carbocycles. The minimum atomic E-state index is -0.988. The summed E-state index contributed by atoms with van der Waals surface area (Å²) in [7, 11) is 0. The predicted octanol–water partition coefficient (Wildman–Crippen LogP) is 1.13. The second-order valence-electron chi connectivity index (χ2n) is 3.42. The van der Waals surface area contributed by atoms with Crippen LogP contribution < -0.4 is 0 Å². The number of hydrogen-bond donors (Lipinski definition) is 1. The van der Waals surface area contributed by atoms with E-state index in [2.05, 4.69) is 6.92 Å². The molecule has 0 heterocycles. The average Bonchev–Trinajstić information content (AvgIpc) is 1.88. The quantitative estimate of drug-likeness (QED) is 0.557. The van der Waals surface area contributed by atoms with Crippen molar-refractivity contribution in [3.63, 3.8) is 0 Å². The van der Waals surface area contributed by atoms with Gasteiger partial charge in [-0.25, -0.2) is 0 Å². The van der Waals surface area contributed by atoms with Crippen LogP contribution >= 0.6 is 0 Å². The van der Waals surface area contributed by atoms with Gasteiger partial charge in [-0.05, 0) is 25.2 Å². The minimum absolute atomic E-state index is 0.504. The lowest BCUT2D eigenvalue weighted by Gasteiger charge is -2.30. The van der Waals surface area contributed by atoms with Gasteiger partial charge < -0.3 is 9.90 Å². The van der Waals surface area contributed by atoms with Gasteiger partial charge >= 0.3 is 0 Å². The number of aliphatic hydroxyl groups is 1. The van der Waals surface area contributed by atoms with Crippen molar-refractivity contribution in [3.8, 4) is 0 Å². The molecule has 0 aromatic rings. The minimum Gasteiger partial charge on any atom is -0.382 e. The van der Waals surface area contributed by atoms with E-state index < -0.39 is 5.60 Å². The normalized spacial score (nSPS) is 41.2. The largest absolute Gasteiger partial charge is 0.382 e. The second kappa shape index (κ2) is 2.70. The molecule has 0 aliphatic heterocycles. The molecule has 1 aliphatic rings. The molecule has 0 aromatic heterocycles. The molecule has 10 heavy (non-hydrogen) atoms. The zero-order valence-corrected chi connectivity index (χ0v) is 6.34. The molecule has 0 saturated heterocycles. The van der Waals surface area contributed by atoms with E-state index in [1.54, 1.807) is 0 Å². The Labute approximate surface area is 61.2 Å². The van der Waals surface area contributed by atoms with Gasteiger partial charge in [-0.3, -0.25) is 0 Å². The summed E-state index contributed by atoms with van der Waals surface area (Å²) >= 11 is 0. The first-order chi connectivity index (χ1) is 4.66. The van der Waals surface area contributed by atoms with Crippen molar-refractivity contribution >= 4 is 6.29 Å². The highest BCUT2D eigenvalue weighted by Gasteiger charge is 2.31. The molecular formula is C8H14O2. The molecule has 2 atom stereocenters. The fourth-order valence-corrected chi connectivity index (χ4v) is 1.67. The Kier molecular flexibility index (Phi) is 2.09. The first-order valence-corrected chi connectivity index (χ1v) is 3.85. The summed E-state index contributed by atoms with van der Waals surface area (Å²) in [4.78, 5) is 10.4. The Balaban J connectivity index is 2.53. The van der Waals surface area contributed by atoms with Crippen molar-refractivity contribution in [2.75, 3.05) is 0 Å². The van der Waals surface area contributed by atoms with E-state index in [-0.39, 0.29) is 0 Å². The van der Waals surface area contributed by atoms with Crippen molar-refractivity contribution in [1.82, 2.24) is 0 Å². The highest BCUT2D eigenvalue weighted by atomic mass is 16.3. The molecule has 1 rings (SSSR count). The molecule has 0 spiro atoms. The Hall–Kier alpha value is -0.370. The molecular weight excluding hydrogens is 128 g/mol. The summed E-state index contributed by atoms with van der Waals surface area (Å²) in [6.07, 6.45) is 4.13. The summed E-state index contributed by atoms with van der Waals surface area (Å²) in [5, 5.41) is 9.48. The van der Waals surface area contributed by atoms with E-state index in [4.69, 9.17) is 0 Å². The highest BCUT2D eigenvalue weighted by molar-refractivity contribution is 5.62. The van der Waals surface area contributed by atoms with Gasteiger partial charge in [-0.15, -0.1) is 0 Å². The monoisotopic (exact) mass is 142 g/mol. The fourth-order valence-electron chi connectivity index (χ4n) is 1.67. The number of carbonyl (C=O) groups is 1. The molecule has 2 unspecified atom stereocenters. The van der Waals surface area contributed by atoms with Crippen LogP contribution in [0.25, 0.3) is 0 Å². The van der Waals surface area contributed by atoms with Crippen LogP contribution in [0.4, 0.5) is 0 Å². The Morgan fingerprint density at radius 3 is 2.80 bits per heavy atom. The van der Waals surface area contributed by atoms with Gasteiger partial charge in [0.1, 0.15) is 5.60 Å². The van der Waals surface area contributed by atoms with Crippen LogP contribution in [-0.4, -0.2) is 17.0 Å². The number of carbonyl (C=O) groups excluding carboxylic acids is 1. The van der Waals surface area contributed by atoms with Crippen LogP contribution in [0.2, 0.25) is 0 Å². The van der Waals surface area contributed by atoms with Gasteiger partial charge in [-0.2, -0.15) is 0 Å². The van der Waals surface area contributed by atoms with Crippen LogP contribution in [-0.2, 0) is 4.79 Å². The molecule has 1 N–H and O–H groups in total.